The van der Waals surface area contributed by atoms with Gasteiger partial charge in [-0.1, -0.05) is 142 Å². The summed E-state index contributed by atoms with van der Waals surface area (Å²) in [4.78, 5) is 4.85. The Hall–Kier alpha value is -7.82. The highest BCUT2D eigenvalue weighted by Crippen LogP contribution is 2.58. The van der Waals surface area contributed by atoms with Crippen LogP contribution in [-0.2, 0) is 18.3 Å². The summed E-state index contributed by atoms with van der Waals surface area (Å²) in [6, 6.07) is 62.2. The van der Waals surface area contributed by atoms with Gasteiger partial charge in [0.15, 0.2) is 5.58 Å². The number of rotatable bonds is 9. The Morgan fingerprint density at radius 2 is 0.942 bits per heavy atom. The molecule has 0 N–H and O–H groups in total. The first-order valence-corrected chi connectivity index (χ1v) is 24.5. The van der Waals surface area contributed by atoms with Crippen molar-refractivity contribution in [3.63, 3.8) is 0 Å². The molecule has 0 spiro atoms. The zero-order chi connectivity index (χ0) is 47.3. The summed E-state index contributed by atoms with van der Waals surface area (Å²) in [5.74, 6) is 0. The SMILES string of the molecule is CCc1cc2c(cc1-c1c(CC)cc(N(c3ccccc3)c3ccc(C)cc3C)c3c1oc1ccccc13)C(C)(C)c1cc(N(c3ccccc3)c3ccc(C)cc3C)c3oc4ccccc4c3c1-2. The molecule has 11 aromatic rings. The van der Waals surface area contributed by atoms with E-state index in [1.807, 2.05) is 0 Å². The highest BCUT2D eigenvalue weighted by Gasteiger charge is 2.41. The van der Waals surface area contributed by atoms with Crippen molar-refractivity contribution in [2.75, 3.05) is 9.80 Å². The van der Waals surface area contributed by atoms with Crippen LogP contribution in [0.1, 0.15) is 72.2 Å². The molecular formula is C65H56N2O2. The first kappa shape index (κ1) is 42.5. The number of anilines is 6. The van der Waals surface area contributed by atoms with Crippen LogP contribution in [-0.4, -0.2) is 0 Å². The zero-order valence-electron chi connectivity index (χ0n) is 40.8. The molecule has 69 heavy (non-hydrogen) atoms. The Labute approximate surface area is 405 Å². The third-order valence-electron chi connectivity index (χ3n) is 14.9. The Bertz CT molecular complexity index is 3830. The molecule has 0 bridgehead atoms. The molecule has 1 aliphatic carbocycles. The average molecular weight is 897 g/mol. The summed E-state index contributed by atoms with van der Waals surface area (Å²) in [5.41, 5.74) is 24.9. The van der Waals surface area contributed by atoms with Crippen LogP contribution < -0.4 is 9.80 Å². The minimum absolute atomic E-state index is 0.371. The van der Waals surface area contributed by atoms with Gasteiger partial charge < -0.3 is 18.6 Å². The normalized spacial score (nSPS) is 12.9. The lowest BCUT2D eigenvalue weighted by Crippen LogP contribution is -2.17. The molecule has 0 saturated carbocycles. The topological polar surface area (TPSA) is 32.8 Å². The molecule has 2 heterocycles. The van der Waals surface area contributed by atoms with E-state index in [-0.39, 0.29) is 5.41 Å². The van der Waals surface area contributed by atoms with E-state index in [1.165, 1.54) is 66.8 Å². The van der Waals surface area contributed by atoms with Gasteiger partial charge in [0.25, 0.3) is 0 Å². The highest BCUT2D eigenvalue weighted by atomic mass is 16.3. The maximum atomic E-state index is 7.22. The van der Waals surface area contributed by atoms with Gasteiger partial charge in [0.05, 0.1) is 16.8 Å². The van der Waals surface area contributed by atoms with Crippen LogP contribution in [0.15, 0.2) is 179 Å². The van der Waals surface area contributed by atoms with Crippen molar-refractivity contribution < 1.29 is 8.83 Å². The number of para-hydroxylation sites is 4. The summed E-state index contributed by atoms with van der Waals surface area (Å²) in [6.07, 6.45) is 1.68. The fourth-order valence-electron chi connectivity index (χ4n) is 11.6. The average Bonchev–Trinajstić information content (AvgIpc) is 4.01. The Balaban J connectivity index is 1.14. The zero-order valence-corrected chi connectivity index (χ0v) is 40.8. The quantitative estimate of drug-likeness (QED) is 0.145. The first-order valence-electron chi connectivity index (χ1n) is 24.5. The van der Waals surface area contributed by atoms with Gasteiger partial charge in [-0.2, -0.15) is 0 Å². The Morgan fingerprint density at radius 1 is 0.420 bits per heavy atom. The Kier molecular flexibility index (Phi) is 9.96. The van der Waals surface area contributed by atoms with Crippen molar-refractivity contribution in [2.45, 2.75) is 73.6 Å². The molecule has 0 aliphatic heterocycles. The van der Waals surface area contributed by atoms with E-state index in [1.54, 1.807) is 0 Å². The van der Waals surface area contributed by atoms with Crippen molar-refractivity contribution >= 4 is 78.0 Å². The largest absolute Gasteiger partial charge is 0.455 e. The number of fused-ring (bicyclic) bond motifs is 10. The molecule has 1 aliphatic rings. The van der Waals surface area contributed by atoms with E-state index in [4.69, 9.17) is 8.83 Å². The first-order chi connectivity index (χ1) is 33.5. The third-order valence-corrected chi connectivity index (χ3v) is 14.9. The van der Waals surface area contributed by atoms with Crippen molar-refractivity contribution in [3.05, 3.63) is 214 Å². The van der Waals surface area contributed by atoms with Crippen LogP contribution >= 0.6 is 0 Å². The molecule has 0 unspecified atom stereocenters. The number of hydrogen-bond acceptors (Lipinski definition) is 4. The number of nitrogens with zero attached hydrogens (tertiary/aromatic N) is 2. The second-order valence-corrected chi connectivity index (χ2v) is 19.7. The van der Waals surface area contributed by atoms with Gasteiger partial charge in [0.1, 0.15) is 16.7 Å². The van der Waals surface area contributed by atoms with Crippen LogP contribution in [0.25, 0.3) is 66.1 Å². The fraction of sp³-hybridized carbons (Fsp3) is 0.169. The molecule has 2 aromatic heterocycles. The van der Waals surface area contributed by atoms with Crippen molar-refractivity contribution in [1.82, 2.24) is 0 Å². The summed E-state index contributed by atoms with van der Waals surface area (Å²) >= 11 is 0. The van der Waals surface area contributed by atoms with E-state index in [9.17, 15) is 0 Å². The van der Waals surface area contributed by atoms with Gasteiger partial charge in [0, 0.05) is 49.9 Å². The molecule has 0 saturated heterocycles. The number of furan rings is 2. The van der Waals surface area contributed by atoms with Gasteiger partial charge >= 0.3 is 0 Å². The van der Waals surface area contributed by atoms with Gasteiger partial charge in [-0.05, 0) is 157 Å². The van der Waals surface area contributed by atoms with Gasteiger partial charge in [-0.15, -0.1) is 0 Å². The van der Waals surface area contributed by atoms with Crippen LogP contribution in [0.3, 0.4) is 0 Å². The maximum absolute atomic E-state index is 7.22. The van der Waals surface area contributed by atoms with Crippen LogP contribution in [0.2, 0.25) is 0 Å². The molecular weight excluding hydrogens is 841 g/mol. The molecule has 0 radical (unpaired) electrons. The van der Waals surface area contributed by atoms with Crippen molar-refractivity contribution in [1.29, 1.82) is 0 Å². The molecule has 338 valence electrons. The van der Waals surface area contributed by atoms with E-state index < -0.39 is 0 Å². The summed E-state index contributed by atoms with van der Waals surface area (Å²) in [7, 11) is 0. The number of benzene rings is 9. The number of aryl methyl sites for hydroxylation is 6. The lowest BCUT2D eigenvalue weighted by Gasteiger charge is -2.30. The Morgan fingerprint density at radius 3 is 1.51 bits per heavy atom. The smallest absolute Gasteiger partial charge is 0.160 e. The molecule has 9 aromatic carbocycles. The standard InChI is InChI=1S/C65H56N2O2/c1-9-43-35-50-51(65(7,8)52-38-56(63-62(60(50)52)48-26-18-20-28-58(48)68-63)67(46-23-15-12-16-24-46)54-32-30-40(4)34-42(54)6)37-49(43)59-44(10-2)36-55(61-47-25-17-19-27-57(47)69-64(59)61)66(45-21-13-11-14-22-45)53-31-29-39(3)33-41(53)5/h11-38H,9-10H2,1-8H3. The molecule has 0 atom stereocenters. The van der Waals surface area contributed by atoms with Gasteiger partial charge in [0.2, 0.25) is 0 Å². The molecule has 12 rings (SSSR count). The van der Waals surface area contributed by atoms with E-state index in [0.29, 0.717) is 0 Å². The lowest BCUT2D eigenvalue weighted by atomic mass is 9.79. The summed E-state index contributed by atoms with van der Waals surface area (Å²) in [6.45, 7) is 18.2. The van der Waals surface area contributed by atoms with Gasteiger partial charge in [-0.3, -0.25) is 0 Å². The van der Waals surface area contributed by atoms with Crippen molar-refractivity contribution in [2.24, 2.45) is 0 Å². The summed E-state index contributed by atoms with van der Waals surface area (Å²) in [5, 5.41) is 4.52. The minimum Gasteiger partial charge on any atom is -0.455 e. The van der Waals surface area contributed by atoms with Crippen LogP contribution in [0.4, 0.5) is 34.1 Å². The summed E-state index contributed by atoms with van der Waals surface area (Å²) < 4.78 is 14.3. The van der Waals surface area contributed by atoms with E-state index >= 15 is 0 Å². The molecule has 0 fully saturated rings. The highest BCUT2D eigenvalue weighted by molar-refractivity contribution is 6.21. The van der Waals surface area contributed by atoms with E-state index in [2.05, 4.69) is 235 Å². The third kappa shape index (κ3) is 6.56. The van der Waals surface area contributed by atoms with Gasteiger partial charge in [-0.25, -0.2) is 0 Å². The van der Waals surface area contributed by atoms with Crippen molar-refractivity contribution in [3.8, 4) is 22.3 Å². The second-order valence-electron chi connectivity index (χ2n) is 19.7. The maximum Gasteiger partial charge on any atom is 0.160 e. The second kappa shape index (κ2) is 16.2. The molecule has 0 amide bonds. The molecule has 4 heteroatoms. The number of hydrogen-bond donors (Lipinski definition) is 0. The predicted octanol–water partition coefficient (Wildman–Crippen LogP) is 18.8. The minimum atomic E-state index is -0.371. The van der Waals surface area contributed by atoms with E-state index in [0.717, 1.165) is 90.8 Å². The fourth-order valence-corrected chi connectivity index (χ4v) is 11.6. The predicted molar refractivity (Wildman–Crippen MR) is 291 cm³/mol. The van der Waals surface area contributed by atoms with Crippen LogP contribution in [0.5, 0.6) is 0 Å². The van der Waals surface area contributed by atoms with Crippen LogP contribution in [0, 0.1) is 27.7 Å². The lowest BCUT2D eigenvalue weighted by molar-refractivity contribution is 0.656. The molecule has 4 nitrogen and oxygen atoms in total. The monoisotopic (exact) mass is 896 g/mol.